The fourth-order valence-electron chi connectivity index (χ4n) is 3.43. The third-order valence-electron chi connectivity index (χ3n) is 4.94. The van der Waals surface area contributed by atoms with Crippen LogP contribution >= 0.6 is 11.3 Å². The van der Waals surface area contributed by atoms with Gasteiger partial charge in [-0.05, 0) is 31.2 Å². The Bertz CT molecular complexity index is 915. The van der Waals surface area contributed by atoms with E-state index in [1.54, 1.807) is 11.3 Å². The minimum absolute atomic E-state index is 0.0328. The molecule has 2 heterocycles. The summed E-state index contributed by atoms with van der Waals surface area (Å²) < 4.78 is 0. The lowest BCUT2D eigenvalue weighted by Gasteiger charge is -2.35. The third-order valence-corrected chi connectivity index (χ3v) is 5.72. The highest BCUT2D eigenvalue weighted by atomic mass is 32.1. The first-order chi connectivity index (χ1) is 13.7. The minimum Gasteiger partial charge on any atom is -0.369 e. The number of carbonyl (C=O) groups excluding carboxylic acids is 1. The van der Waals surface area contributed by atoms with Crippen molar-refractivity contribution in [2.24, 2.45) is 0 Å². The summed E-state index contributed by atoms with van der Waals surface area (Å²) in [5.41, 5.74) is 4.13. The van der Waals surface area contributed by atoms with Crippen LogP contribution in [0.5, 0.6) is 0 Å². The molecule has 4 rings (SSSR count). The van der Waals surface area contributed by atoms with Crippen LogP contribution < -0.4 is 10.2 Å². The largest absolute Gasteiger partial charge is 0.369 e. The quantitative estimate of drug-likeness (QED) is 0.716. The number of hydrogen-bond acceptors (Lipinski definition) is 5. The number of nitrogens with one attached hydrogen (secondary N) is 1. The molecule has 1 saturated heterocycles. The SMILES string of the molecule is Cc1nc(-c2ccc(NC(=O)CN3CCN(c4ccccc4)CC3)cc2)cs1. The van der Waals surface area contributed by atoms with Crippen molar-refractivity contribution < 1.29 is 4.79 Å². The summed E-state index contributed by atoms with van der Waals surface area (Å²) in [4.78, 5) is 21.5. The van der Waals surface area contributed by atoms with Gasteiger partial charge in [-0.25, -0.2) is 4.98 Å². The number of thiazole rings is 1. The molecular weight excluding hydrogens is 368 g/mol. The second kappa shape index (κ2) is 8.54. The number of piperazine rings is 1. The van der Waals surface area contributed by atoms with E-state index < -0.39 is 0 Å². The van der Waals surface area contributed by atoms with Crippen molar-refractivity contribution in [1.29, 1.82) is 0 Å². The summed E-state index contributed by atoms with van der Waals surface area (Å²) in [5.74, 6) is 0.0328. The number of rotatable bonds is 5. The van der Waals surface area contributed by atoms with Crippen LogP contribution in [0.15, 0.2) is 60.0 Å². The Kier molecular flexibility index (Phi) is 5.69. The molecule has 1 aromatic heterocycles. The van der Waals surface area contributed by atoms with Crippen molar-refractivity contribution in [2.75, 3.05) is 42.9 Å². The number of aryl methyl sites for hydroxylation is 1. The topological polar surface area (TPSA) is 48.5 Å². The van der Waals surface area contributed by atoms with E-state index in [0.29, 0.717) is 6.54 Å². The number of aromatic nitrogens is 1. The van der Waals surface area contributed by atoms with E-state index in [1.165, 1.54) is 5.69 Å². The van der Waals surface area contributed by atoms with Gasteiger partial charge in [0, 0.05) is 48.5 Å². The molecule has 0 bridgehead atoms. The fraction of sp³-hybridized carbons (Fsp3) is 0.273. The average molecular weight is 393 g/mol. The number of carbonyl (C=O) groups is 1. The maximum Gasteiger partial charge on any atom is 0.238 e. The van der Waals surface area contributed by atoms with E-state index in [-0.39, 0.29) is 5.91 Å². The zero-order chi connectivity index (χ0) is 19.3. The van der Waals surface area contributed by atoms with Crippen LogP contribution in [0.4, 0.5) is 11.4 Å². The van der Waals surface area contributed by atoms with Crippen molar-refractivity contribution in [1.82, 2.24) is 9.88 Å². The van der Waals surface area contributed by atoms with Crippen molar-refractivity contribution in [3.63, 3.8) is 0 Å². The number of anilines is 2. The fourth-order valence-corrected chi connectivity index (χ4v) is 4.05. The molecule has 1 aliphatic heterocycles. The van der Waals surface area contributed by atoms with E-state index in [2.05, 4.69) is 49.7 Å². The van der Waals surface area contributed by atoms with E-state index in [0.717, 1.165) is 48.1 Å². The number of para-hydroxylation sites is 1. The van der Waals surface area contributed by atoms with Crippen molar-refractivity contribution in [3.8, 4) is 11.3 Å². The Morgan fingerprint density at radius 3 is 2.39 bits per heavy atom. The van der Waals surface area contributed by atoms with Gasteiger partial charge in [-0.2, -0.15) is 0 Å². The normalized spacial score (nSPS) is 14.8. The molecule has 0 saturated carbocycles. The van der Waals surface area contributed by atoms with Gasteiger partial charge in [0.2, 0.25) is 5.91 Å². The van der Waals surface area contributed by atoms with Crippen molar-refractivity contribution >= 4 is 28.6 Å². The van der Waals surface area contributed by atoms with E-state index in [4.69, 9.17) is 0 Å². The molecule has 3 aromatic rings. The summed E-state index contributed by atoms with van der Waals surface area (Å²) in [6.07, 6.45) is 0. The van der Waals surface area contributed by atoms with Gasteiger partial charge in [0.05, 0.1) is 17.2 Å². The summed E-state index contributed by atoms with van der Waals surface area (Å²) in [6, 6.07) is 18.3. The van der Waals surface area contributed by atoms with Gasteiger partial charge in [-0.3, -0.25) is 9.69 Å². The Labute approximate surface area is 169 Å². The van der Waals surface area contributed by atoms with Crippen molar-refractivity contribution in [2.45, 2.75) is 6.92 Å². The molecule has 1 N–H and O–H groups in total. The lowest BCUT2D eigenvalue weighted by molar-refractivity contribution is -0.117. The highest BCUT2D eigenvalue weighted by Gasteiger charge is 2.19. The van der Waals surface area contributed by atoms with Gasteiger partial charge in [0.1, 0.15) is 0 Å². The van der Waals surface area contributed by atoms with Crippen LogP contribution in [0.2, 0.25) is 0 Å². The zero-order valence-electron chi connectivity index (χ0n) is 16.0. The van der Waals surface area contributed by atoms with Gasteiger partial charge >= 0.3 is 0 Å². The highest BCUT2D eigenvalue weighted by molar-refractivity contribution is 7.09. The maximum atomic E-state index is 12.4. The van der Waals surface area contributed by atoms with Crippen LogP contribution in [-0.2, 0) is 4.79 Å². The Morgan fingerprint density at radius 2 is 1.75 bits per heavy atom. The van der Waals surface area contributed by atoms with E-state index in [9.17, 15) is 4.79 Å². The van der Waals surface area contributed by atoms with Crippen molar-refractivity contribution in [3.05, 3.63) is 65.0 Å². The molecule has 0 unspecified atom stereocenters. The number of amides is 1. The van der Waals surface area contributed by atoms with Gasteiger partial charge in [0.15, 0.2) is 0 Å². The van der Waals surface area contributed by atoms with E-state index >= 15 is 0 Å². The summed E-state index contributed by atoms with van der Waals surface area (Å²) in [7, 11) is 0. The maximum absolute atomic E-state index is 12.4. The third kappa shape index (κ3) is 4.58. The lowest BCUT2D eigenvalue weighted by Crippen LogP contribution is -2.48. The minimum atomic E-state index is 0.0328. The molecule has 0 atom stereocenters. The summed E-state index contributed by atoms with van der Waals surface area (Å²) in [5, 5.41) is 6.11. The average Bonchev–Trinajstić information content (AvgIpc) is 3.16. The predicted octanol–water partition coefficient (Wildman–Crippen LogP) is 3.88. The Morgan fingerprint density at radius 1 is 1.04 bits per heavy atom. The monoisotopic (exact) mass is 392 g/mol. The van der Waals surface area contributed by atoms with Crippen LogP contribution in [0.3, 0.4) is 0 Å². The molecule has 2 aromatic carbocycles. The number of hydrogen-bond donors (Lipinski definition) is 1. The Hall–Kier alpha value is -2.70. The highest BCUT2D eigenvalue weighted by Crippen LogP contribution is 2.23. The predicted molar refractivity (Wildman–Crippen MR) is 116 cm³/mol. The first kappa shape index (κ1) is 18.7. The van der Waals surface area contributed by atoms with Gasteiger partial charge in [0.25, 0.3) is 0 Å². The molecule has 0 spiro atoms. The van der Waals surface area contributed by atoms with Gasteiger partial charge in [-0.15, -0.1) is 11.3 Å². The molecule has 1 amide bonds. The van der Waals surface area contributed by atoms with Crippen LogP contribution in [0, 0.1) is 6.92 Å². The van der Waals surface area contributed by atoms with Crippen LogP contribution in [0.25, 0.3) is 11.3 Å². The van der Waals surface area contributed by atoms with E-state index in [1.807, 2.05) is 37.3 Å². The lowest BCUT2D eigenvalue weighted by atomic mass is 10.1. The Balaban J connectivity index is 1.27. The molecule has 144 valence electrons. The molecular formula is C22H24N4OS. The molecule has 0 aliphatic carbocycles. The second-order valence-corrected chi connectivity index (χ2v) is 8.04. The zero-order valence-corrected chi connectivity index (χ0v) is 16.8. The second-order valence-electron chi connectivity index (χ2n) is 6.98. The molecule has 1 aliphatic rings. The van der Waals surface area contributed by atoms with Crippen LogP contribution in [-0.4, -0.2) is 48.5 Å². The smallest absolute Gasteiger partial charge is 0.238 e. The summed E-state index contributed by atoms with van der Waals surface area (Å²) >= 11 is 1.64. The first-order valence-corrected chi connectivity index (χ1v) is 10.4. The standard InChI is InChI=1S/C22H24N4OS/c1-17-23-21(16-28-17)18-7-9-19(10-8-18)24-22(27)15-25-11-13-26(14-12-25)20-5-3-2-4-6-20/h2-10,16H,11-15H2,1H3,(H,24,27). The summed E-state index contributed by atoms with van der Waals surface area (Å²) in [6.45, 7) is 6.10. The molecule has 0 radical (unpaired) electrons. The first-order valence-electron chi connectivity index (χ1n) is 9.52. The molecule has 6 heteroatoms. The number of nitrogens with zero attached hydrogens (tertiary/aromatic N) is 3. The molecule has 28 heavy (non-hydrogen) atoms. The van der Waals surface area contributed by atoms with Crippen LogP contribution in [0.1, 0.15) is 5.01 Å². The molecule has 1 fully saturated rings. The number of benzene rings is 2. The van der Waals surface area contributed by atoms with Gasteiger partial charge in [-0.1, -0.05) is 30.3 Å². The van der Waals surface area contributed by atoms with Gasteiger partial charge < -0.3 is 10.2 Å². The molecule has 5 nitrogen and oxygen atoms in total.